The van der Waals surface area contributed by atoms with Gasteiger partial charge in [-0.1, -0.05) is 29.3 Å². The van der Waals surface area contributed by atoms with Gasteiger partial charge in [-0.15, -0.1) is 11.3 Å². The number of nitrogens with zero attached hydrogens (tertiary/aromatic N) is 1. The van der Waals surface area contributed by atoms with Gasteiger partial charge < -0.3 is 4.90 Å². The van der Waals surface area contributed by atoms with Gasteiger partial charge in [0.15, 0.2) is 0 Å². The number of amides is 1. The molecule has 0 fully saturated rings. The Morgan fingerprint density at radius 2 is 2.16 bits per heavy atom. The smallest absolute Gasteiger partial charge is 0.263 e. The Morgan fingerprint density at radius 1 is 1.42 bits per heavy atom. The monoisotopic (exact) mass is 343 g/mol. The second-order valence-electron chi connectivity index (χ2n) is 5.42. The molecule has 1 atom stereocenters. The highest BCUT2D eigenvalue weighted by Crippen LogP contribution is 2.29. The minimum absolute atomic E-state index is 0.186. The van der Waals surface area contributed by atoms with Crippen LogP contribution in [0.3, 0.4) is 0 Å². The van der Waals surface area contributed by atoms with Crippen molar-refractivity contribution in [2.24, 2.45) is 0 Å². The van der Waals surface area contributed by atoms with Gasteiger partial charge in [-0.25, -0.2) is 0 Å². The zero-order chi connectivity index (χ0) is 13.8. The van der Waals surface area contributed by atoms with Crippen molar-refractivity contribution in [1.82, 2.24) is 4.90 Å². The average molecular weight is 344 g/mol. The van der Waals surface area contributed by atoms with Crippen LogP contribution in [0.4, 0.5) is 0 Å². The SMILES string of the molecule is CC(Br)CCN(C)C(=O)c1cc2c(s1)CCCCC2. The van der Waals surface area contributed by atoms with Gasteiger partial charge in [0.1, 0.15) is 0 Å². The Bertz CT molecular complexity index is 418. The largest absolute Gasteiger partial charge is 0.341 e. The van der Waals surface area contributed by atoms with E-state index in [-0.39, 0.29) is 5.91 Å². The average Bonchev–Trinajstić information content (AvgIpc) is 2.66. The molecule has 1 amide bonds. The lowest BCUT2D eigenvalue weighted by Crippen LogP contribution is -2.28. The number of carbonyl (C=O) groups excluding carboxylic acids is 1. The Labute approximate surface area is 128 Å². The quantitative estimate of drug-likeness (QED) is 0.590. The third kappa shape index (κ3) is 4.06. The number of fused-ring (bicyclic) bond motifs is 1. The summed E-state index contributed by atoms with van der Waals surface area (Å²) in [6.07, 6.45) is 7.18. The van der Waals surface area contributed by atoms with Crippen molar-refractivity contribution in [3.05, 3.63) is 21.4 Å². The van der Waals surface area contributed by atoms with Crippen LogP contribution < -0.4 is 0 Å². The molecule has 1 aliphatic rings. The molecule has 1 aromatic heterocycles. The normalized spacial score (nSPS) is 16.6. The van der Waals surface area contributed by atoms with Gasteiger partial charge in [-0.3, -0.25) is 4.79 Å². The Balaban J connectivity index is 2.03. The molecule has 1 aliphatic carbocycles. The summed E-state index contributed by atoms with van der Waals surface area (Å²) in [5.74, 6) is 0.186. The van der Waals surface area contributed by atoms with Crippen molar-refractivity contribution in [2.45, 2.75) is 50.3 Å². The molecule has 0 N–H and O–H groups in total. The van der Waals surface area contributed by atoms with Crippen molar-refractivity contribution in [3.8, 4) is 0 Å². The molecule has 0 spiro atoms. The minimum Gasteiger partial charge on any atom is -0.341 e. The zero-order valence-corrected chi connectivity index (χ0v) is 14.1. The first-order valence-corrected chi connectivity index (χ1v) is 8.82. The molecule has 4 heteroatoms. The van der Waals surface area contributed by atoms with Crippen LogP contribution >= 0.6 is 27.3 Å². The van der Waals surface area contributed by atoms with Crippen LogP contribution in [0.25, 0.3) is 0 Å². The van der Waals surface area contributed by atoms with Gasteiger partial charge in [0, 0.05) is 23.3 Å². The van der Waals surface area contributed by atoms with Gasteiger partial charge in [-0.05, 0) is 43.7 Å². The van der Waals surface area contributed by atoms with Crippen LogP contribution in [-0.4, -0.2) is 29.2 Å². The fourth-order valence-electron chi connectivity index (χ4n) is 2.43. The van der Waals surface area contributed by atoms with Crippen LogP contribution in [0.5, 0.6) is 0 Å². The van der Waals surface area contributed by atoms with E-state index in [1.54, 1.807) is 11.3 Å². The molecule has 1 heterocycles. The maximum Gasteiger partial charge on any atom is 0.263 e. The van der Waals surface area contributed by atoms with Gasteiger partial charge in [0.05, 0.1) is 4.88 Å². The number of halogens is 1. The molecule has 0 saturated heterocycles. The van der Waals surface area contributed by atoms with Gasteiger partial charge in [0.25, 0.3) is 5.91 Å². The molecule has 1 aromatic rings. The third-order valence-corrected chi connectivity index (χ3v) is 5.35. The van der Waals surface area contributed by atoms with Gasteiger partial charge in [0.2, 0.25) is 0 Å². The van der Waals surface area contributed by atoms with E-state index in [0.717, 1.165) is 30.7 Å². The number of rotatable bonds is 4. The van der Waals surface area contributed by atoms with Crippen LogP contribution in [0, 0.1) is 0 Å². The number of alkyl halides is 1. The summed E-state index contributed by atoms with van der Waals surface area (Å²) >= 11 is 5.24. The Morgan fingerprint density at radius 3 is 2.89 bits per heavy atom. The standard InChI is InChI=1S/C15H22BrNOS/c1-11(16)8-9-17(2)15(18)14-10-12-6-4-3-5-7-13(12)19-14/h10-11H,3-9H2,1-2H3. The zero-order valence-electron chi connectivity index (χ0n) is 11.7. The molecular formula is C15H22BrNOS. The molecule has 1 unspecified atom stereocenters. The molecule has 0 bridgehead atoms. The molecule has 0 saturated carbocycles. The van der Waals surface area contributed by atoms with E-state index < -0.39 is 0 Å². The van der Waals surface area contributed by atoms with Crippen molar-refractivity contribution in [2.75, 3.05) is 13.6 Å². The van der Waals surface area contributed by atoms with E-state index in [0.29, 0.717) is 4.83 Å². The highest BCUT2D eigenvalue weighted by Gasteiger charge is 2.19. The molecule has 2 nitrogen and oxygen atoms in total. The maximum atomic E-state index is 12.4. The second kappa shape index (κ2) is 6.89. The van der Waals surface area contributed by atoms with E-state index >= 15 is 0 Å². The first-order valence-electron chi connectivity index (χ1n) is 7.09. The number of hydrogen-bond acceptors (Lipinski definition) is 2. The summed E-state index contributed by atoms with van der Waals surface area (Å²) in [5.41, 5.74) is 1.42. The topological polar surface area (TPSA) is 20.3 Å². The first-order chi connectivity index (χ1) is 9.08. The summed E-state index contributed by atoms with van der Waals surface area (Å²) in [6, 6.07) is 2.14. The van der Waals surface area contributed by atoms with Crippen molar-refractivity contribution >= 4 is 33.2 Å². The van der Waals surface area contributed by atoms with E-state index in [4.69, 9.17) is 0 Å². The fourth-order valence-corrected chi connectivity index (χ4v) is 3.89. The lowest BCUT2D eigenvalue weighted by atomic mass is 10.1. The maximum absolute atomic E-state index is 12.4. The van der Waals surface area contributed by atoms with Crippen molar-refractivity contribution in [1.29, 1.82) is 0 Å². The summed E-state index contributed by atoms with van der Waals surface area (Å²) in [7, 11) is 1.91. The molecule has 0 radical (unpaired) electrons. The van der Waals surface area contributed by atoms with E-state index in [1.807, 2.05) is 11.9 Å². The molecular weight excluding hydrogens is 322 g/mol. The van der Waals surface area contributed by atoms with E-state index in [1.165, 1.54) is 29.7 Å². The van der Waals surface area contributed by atoms with Crippen LogP contribution in [-0.2, 0) is 12.8 Å². The van der Waals surface area contributed by atoms with Gasteiger partial charge in [-0.2, -0.15) is 0 Å². The third-order valence-electron chi connectivity index (χ3n) is 3.67. The second-order valence-corrected chi connectivity index (χ2v) is 8.12. The summed E-state index contributed by atoms with van der Waals surface area (Å²) in [5, 5.41) is 0. The summed E-state index contributed by atoms with van der Waals surface area (Å²) < 4.78 is 0. The summed E-state index contributed by atoms with van der Waals surface area (Å²) in [4.78, 5) is 17.1. The summed E-state index contributed by atoms with van der Waals surface area (Å²) in [6.45, 7) is 2.93. The van der Waals surface area contributed by atoms with Crippen LogP contribution in [0.1, 0.15) is 52.7 Å². The predicted octanol–water partition coefficient (Wildman–Crippen LogP) is 4.26. The molecule has 19 heavy (non-hydrogen) atoms. The van der Waals surface area contributed by atoms with Crippen molar-refractivity contribution in [3.63, 3.8) is 0 Å². The van der Waals surface area contributed by atoms with E-state index in [9.17, 15) is 4.79 Å². The molecule has 0 aromatic carbocycles. The Kier molecular flexibility index (Phi) is 5.46. The molecule has 2 rings (SSSR count). The number of thiophene rings is 1. The lowest BCUT2D eigenvalue weighted by Gasteiger charge is -2.16. The highest BCUT2D eigenvalue weighted by atomic mass is 79.9. The highest BCUT2D eigenvalue weighted by molar-refractivity contribution is 9.09. The lowest BCUT2D eigenvalue weighted by molar-refractivity contribution is 0.0798. The van der Waals surface area contributed by atoms with E-state index in [2.05, 4.69) is 28.9 Å². The Hall–Kier alpha value is -0.350. The predicted molar refractivity (Wildman–Crippen MR) is 85.5 cm³/mol. The fraction of sp³-hybridized carbons (Fsp3) is 0.667. The van der Waals surface area contributed by atoms with Crippen molar-refractivity contribution < 1.29 is 4.79 Å². The number of carbonyl (C=O) groups is 1. The minimum atomic E-state index is 0.186. The first kappa shape index (κ1) is 15.0. The number of aryl methyl sites for hydroxylation is 2. The van der Waals surface area contributed by atoms with Gasteiger partial charge >= 0.3 is 0 Å². The number of hydrogen-bond donors (Lipinski definition) is 0. The van der Waals surface area contributed by atoms with Crippen LogP contribution in [0.2, 0.25) is 0 Å². The van der Waals surface area contributed by atoms with Crippen LogP contribution in [0.15, 0.2) is 6.07 Å². The molecule has 106 valence electrons. The molecule has 0 aliphatic heterocycles.